The molecule has 1 amide bonds. The second kappa shape index (κ2) is 10.8. The molecule has 2 aromatic carbocycles. The fraction of sp³-hybridized carbons (Fsp3) is 0.292. The third-order valence-corrected chi connectivity index (χ3v) is 5.27. The molecule has 3 rings (SSSR count). The highest BCUT2D eigenvalue weighted by Crippen LogP contribution is 2.33. The van der Waals surface area contributed by atoms with E-state index in [1.165, 1.54) is 16.9 Å². The Kier molecular flexibility index (Phi) is 7.89. The summed E-state index contributed by atoms with van der Waals surface area (Å²) in [5, 5.41) is 0.172. The lowest BCUT2D eigenvalue weighted by Crippen LogP contribution is -2.35. The molecule has 0 saturated carbocycles. The molecular weight excluding hydrogens is 444 g/mol. The summed E-state index contributed by atoms with van der Waals surface area (Å²) in [5.41, 5.74) is 1.44. The van der Waals surface area contributed by atoms with Crippen LogP contribution in [0, 0.1) is 0 Å². The van der Waals surface area contributed by atoms with E-state index < -0.39 is 5.97 Å². The van der Waals surface area contributed by atoms with Gasteiger partial charge in [0.25, 0.3) is 5.91 Å². The first-order valence-corrected chi connectivity index (χ1v) is 10.8. The van der Waals surface area contributed by atoms with E-state index in [0.717, 1.165) is 0 Å². The zero-order valence-corrected chi connectivity index (χ0v) is 19.8. The van der Waals surface area contributed by atoms with Gasteiger partial charge in [0.2, 0.25) is 0 Å². The predicted octanol–water partition coefficient (Wildman–Crippen LogP) is 3.64. The Labute approximate surface area is 198 Å². The summed E-state index contributed by atoms with van der Waals surface area (Å²) in [6.07, 6.45) is 1.65. The first kappa shape index (κ1) is 24.1. The lowest BCUT2D eigenvalue weighted by Gasteiger charge is -2.19. The number of hydrogen-bond acceptors (Lipinski definition) is 7. The lowest BCUT2D eigenvalue weighted by molar-refractivity contribution is -0.140. The zero-order valence-electron chi connectivity index (χ0n) is 19.0. The van der Waals surface area contributed by atoms with Gasteiger partial charge in [0.05, 0.1) is 33.1 Å². The number of carbonyl (C=O) groups excluding carboxylic acids is 2. The number of rotatable bonds is 9. The minimum atomic E-state index is -0.524. The van der Waals surface area contributed by atoms with Crippen molar-refractivity contribution in [2.24, 2.45) is 0 Å². The molecule has 1 saturated heterocycles. The smallest absolute Gasteiger partial charge is 0.325 e. The van der Waals surface area contributed by atoms with Gasteiger partial charge < -0.3 is 23.8 Å². The highest BCUT2D eigenvalue weighted by Gasteiger charge is 2.40. The zero-order chi connectivity index (χ0) is 24.0. The fourth-order valence-electron chi connectivity index (χ4n) is 3.30. The summed E-state index contributed by atoms with van der Waals surface area (Å²) in [4.78, 5) is 28.4. The van der Waals surface area contributed by atoms with Crippen molar-refractivity contribution in [3.63, 3.8) is 0 Å². The van der Waals surface area contributed by atoms with Crippen LogP contribution in [0.1, 0.15) is 19.4 Å². The molecule has 8 nitrogen and oxygen atoms in total. The van der Waals surface area contributed by atoms with Crippen molar-refractivity contribution >= 4 is 41.0 Å². The number of methoxy groups -OCH3 is 2. The van der Waals surface area contributed by atoms with Crippen molar-refractivity contribution in [2.75, 3.05) is 38.9 Å². The average molecular weight is 471 g/mol. The van der Waals surface area contributed by atoms with Crippen LogP contribution >= 0.6 is 12.2 Å². The Morgan fingerprint density at radius 1 is 1.00 bits per heavy atom. The molecule has 1 aliphatic rings. The molecule has 0 spiro atoms. The van der Waals surface area contributed by atoms with E-state index in [-0.39, 0.29) is 23.3 Å². The van der Waals surface area contributed by atoms with Crippen LogP contribution in [0.4, 0.5) is 5.69 Å². The van der Waals surface area contributed by atoms with E-state index in [1.54, 1.807) is 55.7 Å². The summed E-state index contributed by atoms with van der Waals surface area (Å²) in [6, 6.07) is 12.3. The predicted molar refractivity (Wildman–Crippen MR) is 129 cm³/mol. The maximum absolute atomic E-state index is 13.5. The number of hydrogen-bond donors (Lipinski definition) is 0. The number of amides is 1. The number of anilines is 1. The van der Waals surface area contributed by atoms with Crippen LogP contribution in [0.3, 0.4) is 0 Å². The van der Waals surface area contributed by atoms with Crippen LogP contribution in [0.25, 0.3) is 6.08 Å². The Balaban J connectivity index is 2.06. The van der Waals surface area contributed by atoms with E-state index in [4.69, 9.17) is 31.2 Å². The molecule has 174 valence electrons. The van der Waals surface area contributed by atoms with E-state index in [9.17, 15) is 9.59 Å². The van der Waals surface area contributed by atoms with Gasteiger partial charge in [-0.25, -0.2) is 0 Å². The van der Waals surface area contributed by atoms with Gasteiger partial charge >= 0.3 is 5.97 Å². The SMILES string of the molecule is CCOc1ccc(/C=C2/C(=O)N(c3ccc(OC)cc3)C(=S)N2CC(=O)OC)c(OCC)c1. The molecule has 1 aliphatic heterocycles. The van der Waals surface area contributed by atoms with Crippen LogP contribution in [-0.4, -0.2) is 55.9 Å². The lowest BCUT2D eigenvalue weighted by atomic mass is 10.1. The quantitative estimate of drug-likeness (QED) is 0.312. The summed E-state index contributed by atoms with van der Waals surface area (Å²) in [7, 11) is 2.85. The number of thiocarbonyl (C=S) groups is 1. The highest BCUT2D eigenvalue weighted by atomic mass is 32.1. The van der Waals surface area contributed by atoms with Crippen molar-refractivity contribution in [1.29, 1.82) is 0 Å². The second-order valence-corrected chi connectivity index (χ2v) is 7.24. The monoisotopic (exact) mass is 470 g/mol. The number of esters is 1. The number of ether oxygens (including phenoxy) is 4. The molecule has 0 unspecified atom stereocenters. The van der Waals surface area contributed by atoms with E-state index in [1.807, 2.05) is 13.8 Å². The molecular formula is C24H26N2O6S. The van der Waals surface area contributed by atoms with Gasteiger partial charge in [0.15, 0.2) is 5.11 Å². The Morgan fingerprint density at radius 2 is 1.67 bits per heavy atom. The molecule has 0 N–H and O–H groups in total. The van der Waals surface area contributed by atoms with E-state index in [2.05, 4.69) is 0 Å². The van der Waals surface area contributed by atoms with Gasteiger partial charge in [-0.3, -0.25) is 14.5 Å². The standard InChI is InChI=1S/C24H26N2O6S/c1-5-31-19-10-7-16(21(14-19)32-6-2)13-20-23(28)26(17-8-11-18(29-3)12-9-17)24(33)25(20)15-22(27)30-4/h7-14H,5-6,15H2,1-4H3/b20-13-. The third-order valence-electron chi connectivity index (χ3n) is 4.87. The molecule has 0 aliphatic carbocycles. The van der Waals surface area contributed by atoms with Crippen molar-refractivity contribution in [3.8, 4) is 17.2 Å². The Hall–Kier alpha value is -3.59. The molecule has 0 bridgehead atoms. The molecule has 1 heterocycles. The van der Waals surface area contributed by atoms with Gasteiger partial charge in [0, 0.05) is 11.6 Å². The van der Waals surface area contributed by atoms with Gasteiger partial charge in [-0.15, -0.1) is 0 Å². The minimum absolute atomic E-state index is 0.172. The van der Waals surface area contributed by atoms with Crippen molar-refractivity contribution in [1.82, 2.24) is 4.90 Å². The van der Waals surface area contributed by atoms with Crippen molar-refractivity contribution in [2.45, 2.75) is 13.8 Å². The van der Waals surface area contributed by atoms with Crippen molar-refractivity contribution < 1.29 is 28.5 Å². The van der Waals surface area contributed by atoms with Crippen LogP contribution in [-0.2, 0) is 14.3 Å². The molecule has 0 radical (unpaired) electrons. The number of benzene rings is 2. The number of nitrogens with zero attached hydrogens (tertiary/aromatic N) is 2. The maximum atomic E-state index is 13.5. The average Bonchev–Trinajstić information content (AvgIpc) is 3.04. The molecule has 33 heavy (non-hydrogen) atoms. The Morgan fingerprint density at radius 3 is 2.27 bits per heavy atom. The fourth-order valence-corrected chi connectivity index (χ4v) is 3.66. The van der Waals surface area contributed by atoms with Gasteiger partial charge in [-0.2, -0.15) is 0 Å². The molecule has 2 aromatic rings. The third kappa shape index (κ3) is 5.25. The Bertz CT molecular complexity index is 1070. The normalized spacial score (nSPS) is 14.6. The van der Waals surface area contributed by atoms with E-state index >= 15 is 0 Å². The number of carbonyl (C=O) groups is 2. The summed E-state index contributed by atoms with van der Waals surface area (Å²) < 4.78 is 21.3. The molecule has 0 atom stereocenters. The summed E-state index contributed by atoms with van der Waals surface area (Å²) in [5.74, 6) is 0.960. The molecule has 0 aromatic heterocycles. The largest absolute Gasteiger partial charge is 0.497 e. The second-order valence-electron chi connectivity index (χ2n) is 6.88. The topological polar surface area (TPSA) is 77.5 Å². The van der Waals surface area contributed by atoms with Gasteiger partial charge in [-0.1, -0.05) is 0 Å². The van der Waals surface area contributed by atoms with Gasteiger partial charge in [0.1, 0.15) is 29.5 Å². The summed E-state index contributed by atoms with van der Waals surface area (Å²) in [6.45, 7) is 4.51. The molecule has 9 heteroatoms. The van der Waals surface area contributed by atoms with Crippen LogP contribution in [0.5, 0.6) is 17.2 Å². The van der Waals surface area contributed by atoms with Crippen LogP contribution < -0.4 is 19.1 Å². The van der Waals surface area contributed by atoms with Gasteiger partial charge in [-0.05, 0) is 68.5 Å². The maximum Gasteiger partial charge on any atom is 0.325 e. The first-order chi connectivity index (χ1) is 15.9. The first-order valence-electron chi connectivity index (χ1n) is 10.4. The molecule has 1 fully saturated rings. The van der Waals surface area contributed by atoms with Crippen LogP contribution in [0.15, 0.2) is 48.2 Å². The minimum Gasteiger partial charge on any atom is -0.497 e. The summed E-state index contributed by atoms with van der Waals surface area (Å²) >= 11 is 5.58. The van der Waals surface area contributed by atoms with E-state index in [0.29, 0.717) is 41.7 Å². The highest BCUT2D eigenvalue weighted by molar-refractivity contribution is 7.80. The van der Waals surface area contributed by atoms with Crippen molar-refractivity contribution in [3.05, 3.63) is 53.7 Å². The van der Waals surface area contributed by atoms with Crippen LogP contribution in [0.2, 0.25) is 0 Å².